The molecule has 8 rings (SSSR count). The van der Waals surface area contributed by atoms with Crippen molar-refractivity contribution in [2.75, 3.05) is 4.90 Å². The van der Waals surface area contributed by atoms with Gasteiger partial charge in [0.25, 0.3) is 0 Å². The average Bonchev–Trinajstić information content (AvgIpc) is 3.53. The molecular weight excluding hydrogens is 524 g/mol. The standard InChI is InChI=1S/C39H30N4/c1-39-20-19-31(42-35-11-4-2-9-32(35)33-21-27(25-41)15-18-36(33)42)23-38(39)43(37-12-5-3-10-34(37)39)30-8-6-7-29(22-30)28-16-13-26(24-40)14-17-28/h3-8,10-13,15-16,18-23,38H,2,9,14,17H2,1H3. The van der Waals surface area contributed by atoms with Crippen molar-refractivity contribution >= 4 is 39.6 Å². The minimum Gasteiger partial charge on any atom is -0.333 e. The van der Waals surface area contributed by atoms with Gasteiger partial charge in [0.2, 0.25) is 0 Å². The summed E-state index contributed by atoms with van der Waals surface area (Å²) in [5, 5.41) is 20.1. The van der Waals surface area contributed by atoms with E-state index in [-0.39, 0.29) is 11.5 Å². The van der Waals surface area contributed by atoms with Crippen molar-refractivity contribution in [3.63, 3.8) is 0 Å². The molecule has 0 amide bonds. The number of nitriles is 2. The Morgan fingerprint density at radius 2 is 1.79 bits per heavy atom. The number of hydrogen-bond acceptors (Lipinski definition) is 3. The van der Waals surface area contributed by atoms with Gasteiger partial charge in [-0.2, -0.15) is 10.5 Å². The quantitative estimate of drug-likeness (QED) is 0.254. The number of hydrogen-bond donors (Lipinski definition) is 0. The summed E-state index contributed by atoms with van der Waals surface area (Å²) in [5.74, 6) is 0. The predicted molar refractivity (Wildman–Crippen MR) is 174 cm³/mol. The Morgan fingerprint density at radius 3 is 2.63 bits per heavy atom. The topological polar surface area (TPSA) is 55.8 Å². The number of fused-ring (bicyclic) bond motifs is 6. The molecule has 1 aromatic heterocycles. The Balaban J connectivity index is 1.29. The van der Waals surface area contributed by atoms with Gasteiger partial charge in [-0.15, -0.1) is 0 Å². The summed E-state index contributed by atoms with van der Waals surface area (Å²) in [7, 11) is 0. The molecule has 3 aliphatic carbocycles. The molecule has 206 valence electrons. The molecule has 1 aliphatic heterocycles. The fraction of sp³-hybridized carbons (Fsp3) is 0.179. The molecule has 4 aromatic rings. The van der Waals surface area contributed by atoms with Crippen molar-refractivity contribution in [2.45, 2.75) is 44.1 Å². The lowest BCUT2D eigenvalue weighted by Crippen LogP contribution is -2.40. The molecule has 2 atom stereocenters. The highest BCUT2D eigenvalue weighted by Crippen LogP contribution is 2.53. The van der Waals surface area contributed by atoms with Gasteiger partial charge in [0.05, 0.1) is 29.3 Å². The number of aryl methyl sites for hydroxylation is 1. The van der Waals surface area contributed by atoms with Crippen LogP contribution in [0.15, 0.2) is 109 Å². The van der Waals surface area contributed by atoms with Crippen LogP contribution in [-0.4, -0.2) is 10.6 Å². The molecule has 4 aliphatic rings. The van der Waals surface area contributed by atoms with Crippen LogP contribution >= 0.6 is 0 Å². The van der Waals surface area contributed by atoms with E-state index in [4.69, 9.17) is 0 Å². The van der Waals surface area contributed by atoms with Gasteiger partial charge in [0, 0.05) is 39.1 Å². The van der Waals surface area contributed by atoms with Crippen LogP contribution in [0, 0.1) is 22.7 Å². The van der Waals surface area contributed by atoms with Crippen LogP contribution < -0.4 is 4.90 Å². The summed E-state index contributed by atoms with van der Waals surface area (Å²) < 4.78 is 2.39. The summed E-state index contributed by atoms with van der Waals surface area (Å²) in [6, 6.07) is 28.5. The van der Waals surface area contributed by atoms with Gasteiger partial charge in [-0.1, -0.05) is 48.6 Å². The molecule has 2 unspecified atom stereocenters. The molecule has 43 heavy (non-hydrogen) atoms. The first-order valence-electron chi connectivity index (χ1n) is 15.0. The molecule has 4 heteroatoms. The smallest absolute Gasteiger partial charge is 0.0991 e. The number of nitrogens with zero attached hydrogens (tertiary/aromatic N) is 4. The second-order valence-corrected chi connectivity index (χ2v) is 12.1. The minimum absolute atomic E-state index is 0.0737. The highest BCUT2D eigenvalue weighted by Gasteiger charge is 2.47. The lowest BCUT2D eigenvalue weighted by molar-refractivity contribution is 0.550. The second-order valence-electron chi connectivity index (χ2n) is 12.1. The average molecular weight is 555 g/mol. The van der Waals surface area contributed by atoms with E-state index < -0.39 is 0 Å². The largest absolute Gasteiger partial charge is 0.333 e. The summed E-state index contributed by atoms with van der Waals surface area (Å²) >= 11 is 0. The number of para-hydroxylation sites is 1. The van der Waals surface area contributed by atoms with Crippen LogP contribution in [0.25, 0.3) is 28.2 Å². The van der Waals surface area contributed by atoms with Crippen molar-refractivity contribution in [2.24, 2.45) is 0 Å². The van der Waals surface area contributed by atoms with E-state index in [1.165, 1.54) is 44.7 Å². The molecule has 0 bridgehead atoms. The number of aromatic nitrogens is 1. The SMILES string of the molecule is CC12C=CC(n3c4c(c5cc(C#N)ccc53)CCC=C4)=CC1N(c1cccc(C3=CC=C(C#N)CC3)c1)c1ccccc12. The zero-order valence-electron chi connectivity index (χ0n) is 24.1. The summed E-state index contributed by atoms with van der Waals surface area (Å²) in [6.07, 6.45) is 19.4. The Kier molecular flexibility index (Phi) is 5.68. The Morgan fingerprint density at radius 1 is 0.884 bits per heavy atom. The molecule has 0 fully saturated rings. The fourth-order valence-corrected chi connectivity index (χ4v) is 7.49. The van der Waals surface area contributed by atoms with Crippen molar-refractivity contribution in [1.29, 1.82) is 10.5 Å². The molecule has 4 nitrogen and oxygen atoms in total. The van der Waals surface area contributed by atoms with Gasteiger partial charge >= 0.3 is 0 Å². The number of benzene rings is 3. The molecule has 0 spiro atoms. The third kappa shape index (κ3) is 3.80. The first-order valence-corrected chi connectivity index (χ1v) is 15.0. The maximum Gasteiger partial charge on any atom is 0.0991 e. The van der Waals surface area contributed by atoms with Crippen LogP contribution in [0.4, 0.5) is 11.4 Å². The van der Waals surface area contributed by atoms with E-state index in [1.54, 1.807) is 0 Å². The fourth-order valence-electron chi connectivity index (χ4n) is 7.49. The van der Waals surface area contributed by atoms with Crippen molar-refractivity contribution in [1.82, 2.24) is 4.57 Å². The van der Waals surface area contributed by atoms with Crippen LogP contribution in [-0.2, 0) is 11.8 Å². The molecular formula is C39H30N4. The van der Waals surface area contributed by atoms with Gasteiger partial charge in [0.1, 0.15) is 0 Å². The van der Waals surface area contributed by atoms with E-state index in [0.717, 1.165) is 42.5 Å². The van der Waals surface area contributed by atoms with Gasteiger partial charge in [-0.05, 0) is 116 Å². The third-order valence-electron chi connectivity index (χ3n) is 9.69. The zero-order valence-corrected chi connectivity index (χ0v) is 24.1. The van der Waals surface area contributed by atoms with Gasteiger partial charge in [-0.25, -0.2) is 0 Å². The number of allylic oxidation sites excluding steroid dienone is 7. The lowest BCUT2D eigenvalue weighted by Gasteiger charge is -2.36. The van der Waals surface area contributed by atoms with Gasteiger partial charge in [0.15, 0.2) is 0 Å². The monoisotopic (exact) mass is 554 g/mol. The maximum atomic E-state index is 9.62. The Bertz CT molecular complexity index is 2080. The minimum atomic E-state index is -0.197. The molecule has 0 saturated carbocycles. The first-order chi connectivity index (χ1) is 21.1. The van der Waals surface area contributed by atoms with E-state index in [1.807, 2.05) is 12.1 Å². The van der Waals surface area contributed by atoms with Crippen molar-refractivity contribution in [3.8, 4) is 12.1 Å². The van der Waals surface area contributed by atoms with E-state index >= 15 is 0 Å². The maximum absolute atomic E-state index is 9.62. The van der Waals surface area contributed by atoms with Crippen LogP contribution in [0.3, 0.4) is 0 Å². The Labute approximate surface area is 252 Å². The number of rotatable bonds is 3. The highest BCUT2D eigenvalue weighted by atomic mass is 15.2. The van der Waals surface area contributed by atoms with E-state index in [9.17, 15) is 10.5 Å². The molecule has 3 aromatic carbocycles. The van der Waals surface area contributed by atoms with E-state index in [2.05, 4.69) is 126 Å². The van der Waals surface area contributed by atoms with Gasteiger partial charge < -0.3 is 9.47 Å². The van der Waals surface area contributed by atoms with Crippen LogP contribution in [0.1, 0.15) is 54.1 Å². The Hall–Kier alpha value is -5.32. The first kappa shape index (κ1) is 25.4. The molecule has 0 N–H and O–H groups in total. The molecule has 2 heterocycles. The highest BCUT2D eigenvalue weighted by molar-refractivity contribution is 5.94. The van der Waals surface area contributed by atoms with Crippen LogP contribution in [0.2, 0.25) is 0 Å². The summed E-state index contributed by atoms with van der Waals surface area (Å²) in [6.45, 7) is 2.35. The zero-order chi connectivity index (χ0) is 29.1. The van der Waals surface area contributed by atoms with Crippen molar-refractivity contribution < 1.29 is 0 Å². The predicted octanol–water partition coefficient (Wildman–Crippen LogP) is 8.99. The molecule has 0 radical (unpaired) electrons. The number of anilines is 2. The summed E-state index contributed by atoms with van der Waals surface area (Å²) in [4.78, 5) is 2.50. The van der Waals surface area contributed by atoms with Crippen LogP contribution in [0.5, 0.6) is 0 Å². The molecule has 0 saturated heterocycles. The summed E-state index contributed by atoms with van der Waals surface area (Å²) in [5.41, 5.74) is 12.4. The van der Waals surface area contributed by atoms with E-state index in [0.29, 0.717) is 5.56 Å². The second kappa shape index (κ2) is 9.62. The third-order valence-corrected chi connectivity index (χ3v) is 9.69. The normalized spacial score (nSPS) is 21.7. The lowest BCUT2D eigenvalue weighted by atomic mass is 9.75. The van der Waals surface area contributed by atoms with Crippen molar-refractivity contribution in [3.05, 3.63) is 137 Å². The van der Waals surface area contributed by atoms with Gasteiger partial charge in [-0.3, -0.25) is 0 Å².